The Morgan fingerprint density at radius 2 is 2.32 bits per heavy atom. The van der Waals surface area contributed by atoms with E-state index >= 15 is 0 Å². The molecule has 19 heavy (non-hydrogen) atoms. The van der Waals surface area contributed by atoms with Crippen molar-refractivity contribution in [1.82, 2.24) is 5.32 Å². The van der Waals surface area contributed by atoms with Gasteiger partial charge in [-0.1, -0.05) is 11.6 Å². The van der Waals surface area contributed by atoms with E-state index in [2.05, 4.69) is 10.0 Å². The first-order valence-corrected chi connectivity index (χ1v) is 8.10. The van der Waals surface area contributed by atoms with Gasteiger partial charge >= 0.3 is 0 Å². The van der Waals surface area contributed by atoms with Gasteiger partial charge in [0.05, 0.1) is 18.6 Å². The van der Waals surface area contributed by atoms with E-state index in [-0.39, 0.29) is 11.8 Å². The maximum absolute atomic E-state index is 12.1. The molecule has 2 rings (SSSR count). The fourth-order valence-corrected chi connectivity index (χ4v) is 3.70. The molecule has 0 aliphatic carbocycles. The van der Waals surface area contributed by atoms with Gasteiger partial charge in [-0.2, -0.15) is 0 Å². The average Bonchev–Trinajstić information content (AvgIpc) is 2.80. The second kappa shape index (κ2) is 5.98. The normalized spacial score (nSPS) is 19.4. The summed E-state index contributed by atoms with van der Waals surface area (Å²) in [5.41, 5.74) is 0.369. The number of anilines is 1. The molecule has 1 atom stereocenters. The summed E-state index contributed by atoms with van der Waals surface area (Å²) in [6, 6.07) is 4.84. The summed E-state index contributed by atoms with van der Waals surface area (Å²) in [5.74, 6) is 0.509. The zero-order valence-electron chi connectivity index (χ0n) is 10.6. The molecule has 1 aliphatic heterocycles. The number of methoxy groups -OCH3 is 1. The van der Waals surface area contributed by atoms with Crippen LogP contribution in [0.1, 0.15) is 12.8 Å². The van der Waals surface area contributed by atoms with Crippen molar-refractivity contribution in [3.05, 3.63) is 23.2 Å². The van der Waals surface area contributed by atoms with E-state index in [4.69, 9.17) is 16.3 Å². The zero-order chi connectivity index (χ0) is 13.9. The minimum atomic E-state index is -3.42. The van der Waals surface area contributed by atoms with E-state index < -0.39 is 10.0 Å². The molecular formula is C12H17ClN2O3S. The van der Waals surface area contributed by atoms with E-state index in [1.807, 2.05) is 0 Å². The second-order valence-corrected chi connectivity index (χ2v) is 6.72. The molecule has 0 amide bonds. The van der Waals surface area contributed by atoms with Crippen LogP contribution in [-0.2, 0) is 10.0 Å². The van der Waals surface area contributed by atoms with Gasteiger partial charge in [0.1, 0.15) is 5.75 Å². The first-order chi connectivity index (χ1) is 9.00. The maximum atomic E-state index is 12.1. The van der Waals surface area contributed by atoms with Gasteiger partial charge in [-0.05, 0) is 37.6 Å². The largest absolute Gasteiger partial charge is 0.495 e. The number of rotatable bonds is 5. The van der Waals surface area contributed by atoms with Gasteiger partial charge in [0.15, 0.2) is 0 Å². The summed E-state index contributed by atoms with van der Waals surface area (Å²) in [6.45, 7) is 0.876. The molecule has 5 nitrogen and oxygen atoms in total. The summed E-state index contributed by atoms with van der Waals surface area (Å²) in [4.78, 5) is 0. The lowest BCUT2D eigenvalue weighted by molar-refractivity contribution is 0.417. The zero-order valence-corrected chi connectivity index (χ0v) is 12.2. The maximum Gasteiger partial charge on any atom is 0.234 e. The molecule has 7 heteroatoms. The molecule has 1 saturated heterocycles. The Hall–Kier alpha value is -0.980. The average molecular weight is 305 g/mol. The SMILES string of the molecule is COc1ccc(Cl)cc1NS(=O)(=O)CC1CCCN1. The molecule has 1 unspecified atom stereocenters. The highest BCUT2D eigenvalue weighted by atomic mass is 35.5. The number of hydrogen-bond acceptors (Lipinski definition) is 4. The molecule has 0 radical (unpaired) electrons. The topological polar surface area (TPSA) is 67.4 Å². The van der Waals surface area contributed by atoms with Crippen LogP contribution >= 0.6 is 11.6 Å². The predicted octanol–water partition coefficient (Wildman–Crippen LogP) is 1.84. The van der Waals surface area contributed by atoms with Crippen LogP contribution in [0.2, 0.25) is 5.02 Å². The van der Waals surface area contributed by atoms with Gasteiger partial charge in [0.2, 0.25) is 10.0 Å². The Bertz CT molecular complexity index is 542. The number of halogens is 1. The Morgan fingerprint density at radius 3 is 2.95 bits per heavy atom. The van der Waals surface area contributed by atoms with Gasteiger partial charge in [-0.25, -0.2) is 8.42 Å². The highest BCUT2D eigenvalue weighted by Crippen LogP contribution is 2.28. The molecule has 2 N–H and O–H groups in total. The fourth-order valence-electron chi connectivity index (χ4n) is 2.13. The van der Waals surface area contributed by atoms with Gasteiger partial charge in [-0.15, -0.1) is 0 Å². The summed E-state index contributed by atoms with van der Waals surface area (Å²) in [5, 5.41) is 3.62. The standard InChI is InChI=1S/C12H17ClN2O3S/c1-18-12-5-4-9(13)7-11(12)15-19(16,17)8-10-3-2-6-14-10/h4-5,7,10,14-15H,2-3,6,8H2,1H3. The van der Waals surface area contributed by atoms with E-state index in [1.54, 1.807) is 18.2 Å². The lowest BCUT2D eigenvalue weighted by atomic mass is 10.3. The molecule has 0 bridgehead atoms. The molecule has 1 fully saturated rings. The Labute approximate surface area is 118 Å². The van der Waals surface area contributed by atoms with E-state index in [1.165, 1.54) is 7.11 Å². The van der Waals surface area contributed by atoms with Crippen molar-refractivity contribution in [3.63, 3.8) is 0 Å². The molecule has 1 aromatic carbocycles. The van der Waals surface area contributed by atoms with Crippen LogP contribution in [-0.4, -0.2) is 33.9 Å². The quantitative estimate of drug-likeness (QED) is 0.871. The lowest BCUT2D eigenvalue weighted by Crippen LogP contribution is -2.32. The summed E-state index contributed by atoms with van der Waals surface area (Å²) in [6.07, 6.45) is 1.90. The number of benzene rings is 1. The van der Waals surface area contributed by atoms with Crippen LogP contribution < -0.4 is 14.8 Å². The molecule has 1 aromatic rings. The third-order valence-corrected chi connectivity index (χ3v) is 4.62. The monoisotopic (exact) mass is 304 g/mol. The van der Waals surface area contributed by atoms with Crippen molar-refractivity contribution in [2.24, 2.45) is 0 Å². The number of sulfonamides is 1. The Balaban J connectivity index is 2.12. The number of hydrogen-bond donors (Lipinski definition) is 2. The summed E-state index contributed by atoms with van der Waals surface area (Å²) < 4.78 is 31.8. The summed E-state index contributed by atoms with van der Waals surface area (Å²) in [7, 11) is -1.93. The molecule has 1 aliphatic rings. The highest BCUT2D eigenvalue weighted by molar-refractivity contribution is 7.92. The fraction of sp³-hybridized carbons (Fsp3) is 0.500. The third kappa shape index (κ3) is 3.99. The van der Waals surface area contributed by atoms with Crippen molar-refractivity contribution in [1.29, 1.82) is 0 Å². The second-order valence-electron chi connectivity index (χ2n) is 4.52. The van der Waals surface area contributed by atoms with Gasteiger partial charge in [0, 0.05) is 11.1 Å². The Morgan fingerprint density at radius 1 is 1.53 bits per heavy atom. The lowest BCUT2D eigenvalue weighted by Gasteiger charge is -2.14. The number of nitrogens with one attached hydrogen (secondary N) is 2. The van der Waals surface area contributed by atoms with Gasteiger partial charge in [0.25, 0.3) is 0 Å². The smallest absolute Gasteiger partial charge is 0.234 e. The summed E-state index contributed by atoms with van der Waals surface area (Å²) >= 11 is 5.87. The van der Waals surface area contributed by atoms with Crippen molar-refractivity contribution in [2.75, 3.05) is 24.1 Å². The van der Waals surface area contributed by atoms with Crippen molar-refractivity contribution < 1.29 is 13.2 Å². The predicted molar refractivity (Wildman–Crippen MR) is 76.4 cm³/mol. The third-order valence-electron chi connectivity index (χ3n) is 3.01. The van der Waals surface area contributed by atoms with Crippen molar-refractivity contribution >= 4 is 27.3 Å². The Kier molecular flexibility index (Phi) is 4.54. The van der Waals surface area contributed by atoms with Crippen LogP contribution in [0.3, 0.4) is 0 Å². The van der Waals surface area contributed by atoms with Crippen LogP contribution in [0.4, 0.5) is 5.69 Å². The number of ether oxygens (including phenoxy) is 1. The molecule has 0 spiro atoms. The first kappa shape index (κ1) is 14.4. The highest BCUT2D eigenvalue weighted by Gasteiger charge is 2.22. The molecule has 0 aromatic heterocycles. The van der Waals surface area contributed by atoms with Gasteiger partial charge < -0.3 is 10.1 Å². The van der Waals surface area contributed by atoms with Gasteiger partial charge in [-0.3, -0.25) is 4.72 Å². The van der Waals surface area contributed by atoms with E-state index in [9.17, 15) is 8.42 Å². The van der Waals surface area contributed by atoms with Crippen LogP contribution in [0.5, 0.6) is 5.75 Å². The van der Waals surface area contributed by atoms with Crippen LogP contribution in [0.15, 0.2) is 18.2 Å². The minimum Gasteiger partial charge on any atom is -0.495 e. The van der Waals surface area contributed by atoms with E-state index in [0.29, 0.717) is 16.5 Å². The molecule has 1 heterocycles. The van der Waals surface area contributed by atoms with E-state index in [0.717, 1.165) is 19.4 Å². The van der Waals surface area contributed by atoms with Crippen molar-refractivity contribution in [3.8, 4) is 5.75 Å². The molecule has 106 valence electrons. The van der Waals surface area contributed by atoms with Crippen LogP contribution in [0.25, 0.3) is 0 Å². The molecular weight excluding hydrogens is 288 g/mol. The molecule has 0 saturated carbocycles. The first-order valence-electron chi connectivity index (χ1n) is 6.07. The van der Waals surface area contributed by atoms with Crippen molar-refractivity contribution in [2.45, 2.75) is 18.9 Å². The van der Waals surface area contributed by atoms with Crippen LogP contribution in [0, 0.1) is 0 Å². The minimum absolute atomic E-state index is 0.0164.